The monoisotopic (exact) mass is 768 g/mol. The molecular weight excluding hydrogens is 764 g/mol. The second-order valence-electron chi connectivity index (χ2n) is 9.96. The summed E-state index contributed by atoms with van der Waals surface area (Å²) < 4.78 is 0. The molecule has 0 saturated carbocycles. The highest BCUT2D eigenvalue weighted by Gasteiger charge is 2.36. The Morgan fingerprint density at radius 2 is 0.739 bits per heavy atom. The summed E-state index contributed by atoms with van der Waals surface area (Å²) in [5.74, 6) is -2.00. The minimum atomic E-state index is -0.588. The number of hydrogen-bond acceptors (Lipinski definition) is 6. The van der Waals surface area contributed by atoms with Crippen molar-refractivity contribution < 1.29 is 19.2 Å². The molecule has 3 aliphatic rings. The highest BCUT2D eigenvalue weighted by molar-refractivity contribution is 6.56. The van der Waals surface area contributed by atoms with E-state index in [1.54, 1.807) is 0 Å². The number of rotatable bonds is 2. The summed E-state index contributed by atoms with van der Waals surface area (Å²) in [5.41, 5.74) is 1.21. The first-order valence-corrected chi connectivity index (χ1v) is 15.7. The zero-order valence-corrected chi connectivity index (χ0v) is 28.1. The number of ketones is 2. The van der Waals surface area contributed by atoms with Gasteiger partial charge in [0.25, 0.3) is 11.8 Å². The molecule has 8 nitrogen and oxygen atoms in total. The van der Waals surface area contributed by atoms with Gasteiger partial charge in [-0.2, -0.15) is 0 Å². The average Bonchev–Trinajstić information content (AvgIpc) is 3.54. The number of carbonyl (C=O) groups excluding carboxylic acids is 4. The summed E-state index contributed by atoms with van der Waals surface area (Å²) in [6.45, 7) is 0. The van der Waals surface area contributed by atoms with E-state index >= 15 is 0 Å². The van der Waals surface area contributed by atoms with Gasteiger partial charge in [0, 0.05) is 22.3 Å². The molecule has 16 heteroatoms. The van der Waals surface area contributed by atoms with Crippen LogP contribution >= 0.6 is 92.8 Å². The van der Waals surface area contributed by atoms with Gasteiger partial charge in [0.2, 0.25) is 0 Å². The number of aliphatic imine (C=N–C) groups is 2. The van der Waals surface area contributed by atoms with Gasteiger partial charge >= 0.3 is 0 Å². The molecule has 4 aromatic rings. The van der Waals surface area contributed by atoms with E-state index in [-0.39, 0.29) is 108 Å². The molecule has 7 rings (SSSR count). The maximum absolute atomic E-state index is 13.6. The van der Waals surface area contributed by atoms with Gasteiger partial charge in [-0.05, 0) is 36.4 Å². The lowest BCUT2D eigenvalue weighted by atomic mass is 9.83. The maximum atomic E-state index is 13.6. The molecule has 0 bridgehead atoms. The third-order valence-electron chi connectivity index (χ3n) is 7.39. The second kappa shape index (κ2) is 11.2. The number of amidine groups is 2. The molecule has 228 valence electrons. The van der Waals surface area contributed by atoms with Gasteiger partial charge in [-0.25, -0.2) is 9.98 Å². The van der Waals surface area contributed by atoms with Gasteiger partial charge < -0.3 is 10.6 Å². The molecule has 0 spiro atoms. The van der Waals surface area contributed by atoms with Crippen molar-refractivity contribution in [3.05, 3.63) is 121 Å². The smallest absolute Gasteiger partial charge is 0.259 e. The molecule has 0 radical (unpaired) electrons. The number of amides is 2. The van der Waals surface area contributed by atoms with E-state index < -0.39 is 23.4 Å². The zero-order valence-electron chi connectivity index (χ0n) is 22.0. The minimum Gasteiger partial charge on any atom is -0.306 e. The first-order chi connectivity index (χ1) is 21.8. The van der Waals surface area contributed by atoms with E-state index in [1.807, 2.05) is 0 Å². The van der Waals surface area contributed by atoms with Crippen LogP contribution in [0.3, 0.4) is 0 Å². The van der Waals surface area contributed by atoms with Crippen LogP contribution < -0.4 is 10.6 Å². The SMILES string of the molecule is O=C1c2ccc(/N=C3\NC(=O)c4c(Cl)c(Cl)c(Cl)c(Cl)c43)cc2C(=O)c2ccc(/N=C3\NC(=O)c4c(Cl)c(Cl)c(Cl)c(Cl)c43)cc21. The zero-order chi connectivity index (χ0) is 32.9. The van der Waals surface area contributed by atoms with Gasteiger partial charge in [0.15, 0.2) is 11.6 Å². The van der Waals surface area contributed by atoms with Crippen LogP contribution in [0, 0.1) is 0 Å². The molecule has 2 aliphatic heterocycles. The molecule has 2 amide bonds. The van der Waals surface area contributed by atoms with Crippen molar-refractivity contribution in [2.75, 3.05) is 0 Å². The van der Waals surface area contributed by atoms with Crippen molar-refractivity contribution in [1.29, 1.82) is 0 Å². The molecule has 0 aromatic heterocycles. The molecule has 0 saturated heterocycles. The number of nitrogens with zero attached hydrogens (tertiary/aromatic N) is 2. The van der Waals surface area contributed by atoms with Gasteiger partial charge in [0.1, 0.15) is 11.7 Å². The first kappa shape index (κ1) is 31.4. The van der Waals surface area contributed by atoms with Crippen LogP contribution in [0.2, 0.25) is 40.2 Å². The summed E-state index contributed by atoms with van der Waals surface area (Å²) in [5, 5.41) is 4.69. The number of hydrogen-bond donors (Lipinski definition) is 2. The topological polar surface area (TPSA) is 117 Å². The largest absolute Gasteiger partial charge is 0.306 e. The molecule has 0 unspecified atom stereocenters. The predicted molar refractivity (Wildman–Crippen MR) is 180 cm³/mol. The van der Waals surface area contributed by atoms with E-state index in [1.165, 1.54) is 36.4 Å². The summed E-state index contributed by atoms with van der Waals surface area (Å²) in [6.07, 6.45) is 0. The Bertz CT molecular complexity index is 2120. The number of halogens is 8. The Morgan fingerprint density at radius 3 is 1.09 bits per heavy atom. The van der Waals surface area contributed by atoms with Crippen molar-refractivity contribution in [2.45, 2.75) is 0 Å². The van der Waals surface area contributed by atoms with E-state index in [9.17, 15) is 19.2 Å². The molecular formula is C30H8Cl8N4O4. The van der Waals surface area contributed by atoms with Gasteiger partial charge in [-0.15, -0.1) is 0 Å². The van der Waals surface area contributed by atoms with E-state index in [0.29, 0.717) is 0 Å². The van der Waals surface area contributed by atoms with Crippen LogP contribution in [-0.4, -0.2) is 35.1 Å². The predicted octanol–water partition coefficient (Wildman–Crippen LogP) is 9.33. The lowest BCUT2D eigenvalue weighted by molar-refractivity contribution is 0.0975. The summed E-state index contributed by atoms with van der Waals surface area (Å²) in [7, 11) is 0. The molecule has 1 aliphatic carbocycles. The van der Waals surface area contributed by atoms with Gasteiger partial charge in [-0.1, -0.05) is 92.8 Å². The fourth-order valence-electron chi connectivity index (χ4n) is 5.29. The number of nitrogens with one attached hydrogen (secondary N) is 2. The Labute approximate surface area is 298 Å². The van der Waals surface area contributed by atoms with Gasteiger partial charge in [-0.3, -0.25) is 19.2 Å². The Balaban J connectivity index is 1.26. The van der Waals surface area contributed by atoms with Crippen molar-refractivity contribution in [3.8, 4) is 0 Å². The lowest BCUT2D eigenvalue weighted by Gasteiger charge is -2.18. The first-order valence-electron chi connectivity index (χ1n) is 12.7. The van der Waals surface area contributed by atoms with E-state index in [2.05, 4.69) is 20.6 Å². The standard InChI is InChI=1S/C30H8Cl8N4O4/c31-17-13-15(19(33)23(37)21(17)35)29(45)41-27(13)39-7-1-3-9-11(5-7)26(44)10-4-2-8(6-12(10)25(9)43)40-28-14-16(30(46)42-28)20(34)24(38)22(36)18(14)32/h1-6H,(H,39,41,45)(H,40,42,46). The second-order valence-corrected chi connectivity index (χ2v) is 13.0. The Kier molecular flexibility index (Phi) is 7.66. The van der Waals surface area contributed by atoms with Crippen LogP contribution in [-0.2, 0) is 0 Å². The maximum Gasteiger partial charge on any atom is 0.259 e. The molecule has 46 heavy (non-hydrogen) atoms. The quantitative estimate of drug-likeness (QED) is 0.137. The van der Waals surface area contributed by atoms with Crippen LogP contribution in [0.4, 0.5) is 11.4 Å². The summed E-state index contributed by atoms with van der Waals surface area (Å²) >= 11 is 49.9. The third kappa shape index (κ3) is 4.58. The normalized spacial score (nSPS) is 16.4. The highest BCUT2D eigenvalue weighted by atomic mass is 35.5. The molecule has 0 atom stereocenters. The fraction of sp³-hybridized carbons (Fsp3) is 0. The minimum absolute atomic E-state index is 0.00950. The van der Waals surface area contributed by atoms with Crippen molar-refractivity contribution >= 4 is 139 Å². The van der Waals surface area contributed by atoms with Crippen molar-refractivity contribution in [1.82, 2.24) is 10.6 Å². The summed E-state index contributed by atoms with van der Waals surface area (Å²) in [6, 6.07) is 8.71. The summed E-state index contributed by atoms with van der Waals surface area (Å²) in [4.78, 5) is 61.4. The molecule has 2 N–H and O–H groups in total. The Morgan fingerprint density at radius 1 is 0.413 bits per heavy atom. The van der Waals surface area contributed by atoms with E-state index in [0.717, 1.165) is 0 Å². The third-order valence-corrected chi connectivity index (χ3v) is 11.0. The van der Waals surface area contributed by atoms with Crippen molar-refractivity contribution in [2.24, 2.45) is 9.98 Å². The lowest BCUT2D eigenvalue weighted by Crippen LogP contribution is -2.22. The number of benzene rings is 4. The Hall–Kier alpha value is -3.18. The van der Waals surface area contributed by atoms with Crippen LogP contribution in [0.5, 0.6) is 0 Å². The number of fused-ring (bicyclic) bond motifs is 4. The average molecular weight is 772 g/mol. The highest BCUT2D eigenvalue weighted by Crippen LogP contribution is 2.45. The van der Waals surface area contributed by atoms with E-state index in [4.69, 9.17) is 92.8 Å². The van der Waals surface area contributed by atoms with Gasteiger partial charge in [0.05, 0.1) is 73.8 Å². The van der Waals surface area contributed by atoms with Crippen molar-refractivity contribution in [3.63, 3.8) is 0 Å². The van der Waals surface area contributed by atoms with Crippen LogP contribution in [0.25, 0.3) is 0 Å². The van der Waals surface area contributed by atoms with Crippen LogP contribution in [0.1, 0.15) is 63.7 Å². The molecule has 4 aromatic carbocycles. The molecule has 0 fully saturated rings. The van der Waals surface area contributed by atoms with Crippen LogP contribution in [0.15, 0.2) is 46.4 Å². The fourth-order valence-corrected chi connectivity index (χ4v) is 7.35. The molecule has 2 heterocycles. The number of carbonyl (C=O) groups is 4.